The van der Waals surface area contributed by atoms with Crippen molar-refractivity contribution in [2.24, 2.45) is 0 Å². The normalized spacial score (nSPS) is 18.9. The lowest BCUT2D eigenvalue weighted by atomic mass is 10.1. The number of hydrogen-bond acceptors (Lipinski definition) is 4. The minimum absolute atomic E-state index is 0. The van der Waals surface area contributed by atoms with Crippen LogP contribution in [-0.2, 0) is 6.54 Å². The second kappa shape index (κ2) is 8.54. The molecule has 1 aromatic rings. The van der Waals surface area contributed by atoms with E-state index in [1.54, 1.807) is 12.1 Å². The largest absolute Gasteiger partial charge is 0.317 e. The Balaban J connectivity index is 0.00000220. The van der Waals surface area contributed by atoms with Crippen molar-refractivity contribution in [1.82, 2.24) is 10.2 Å². The van der Waals surface area contributed by atoms with E-state index in [1.165, 1.54) is 12.8 Å². The fourth-order valence-corrected chi connectivity index (χ4v) is 2.84. The smallest absolute Gasteiger partial charge is 0.288 e. The Morgan fingerprint density at radius 1 is 1.43 bits per heavy atom. The van der Waals surface area contributed by atoms with E-state index in [0.717, 1.165) is 25.1 Å². The van der Waals surface area contributed by atoms with Gasteiger partial charge in [0, 0.05) is 18.7 Å². The van der Waals surface area contributed by atoms with Crippen molar-refractivity contribution >= 4 is 29.7 Å². The lowest BCUT2D eigenvalue weighted by Gasteiger charge is -2.26. The van der Waals surface area contributed by atoms with E-state index in [1.807, 2.05) is 6.07 Å². The zero-order valence-corrected chi connectivity index (χ0v) is 13.6. The maximum Gasteiger partial charge on any atom is 0.288 e. The van der Waals surface area contributed by atoms with Gasteiger partial charge >= 0.3 is 0 Å². The minimum Gasteiger partial charge on any atom is -0.317 e. The first-order valence-corrected chi connectivity index (χ1v) is 7.29. The quantitative estimate of drug-likeness (QED) is 0.678. The highest BCUT2D eigenvalue weighted by Crippen LogP contribution is 2.26. The van der Waals surface area contributed by atoms with Crippen molar-refractivity contribution < 1.29 is 4.92 Å². The molecule has 1 heterocycles. The summed E-state index contributed by atoms with van der Waals surface area (Å²) in [5, 5.41) is 14.5. The Kier molecular flexibility index (Phi) is 7.39. The third-order valence-corrected chi connectivity index (χ3v) is 4.13. The molecule has 1 fully saturated rings. The van der Waals surface area contributed by atoms with Gasteiger partial charge < -0.3 is 5.32 Å². The summed E-state index contributed by atoms with van der Waals surface area (Å²) in [6, 6.07) is 5.58. The van der Waals surface area contributed by atoms with Gasteiger partial charge in [-0.15, -0.1) is 12.4 Å². The molecule has 7 heteroatoms. The van der Waals surface area contributed by atoms with Crippen LogP contribution in [0.25, 0.3) is 0 Å². The molecule has 0 saturated carbocycles. The highest BCUT2D eigenvalue weighted by molar-refractivity contribution is 6.32. The maximum atomic E-state index is 10.9. The Labute approximate surface area is 136 Å². The molecule has 1 saturated heterocycles. The van der Waals surface area contributed by atoms with Crippen LogP contribution in [0.2, 0.25) is 5.02 Å². The summed E-state index contributed by atoms with van der Waals surface area (Å²) in [7, 11) is 2.08. The number of nitro groups is 1. The molecule has 1 atom stereocenters. The summed E-state index contributed by atoms with van der Waals surface area (Å²) < 4.78 is 0. The molecule has 21 heavy (non-hydrogen) atoms. The Hall–Kier alpha value is -0.880. The summed E-state index contributed by atoms with van der Waals surface area (Å²) in [5.41, 5.74) is 0.918. The van der Waals surface area contributed by atoms with Gasteiger partial charge in [0.25, 0.3) is 5.69 Å². The first kappa shape index (κ1) is 18.2. The Morgan fingerprint density at radius 2 is 2.19 bits per heavy atom. The molecule has 0 spiro atoms. The summed E-state index contributed by atoms with van der Waals surface area (Å²) >= 11 is 5.83. The summed E-state index contributed by atoms with van der Waals surface area (Å²) in [6.45, 7) is 2.83. The third-order valence-electron chi connectivity index (χ3n) is 3.81. The first-order valence-electron chi connectivity index (χ1n) is 6.91. The van der Waals surface area contributed by atoms with Gasteiger partial charge in [-0.2, -0.15) is 0 Å². The summed E-state index contributed by atoms with van der Waals surface area (Å²) in [5.74, 6) is 0. The van der Waals surface area contributed by atoms with Gasteiger partial charge in [-0.1, -0.05) is 17.7 Å². The van der Waals surface area contributed by atoms with Crippen LogP contribution in [0.3, 0.4) is 0 Å². The van der Waals surface area contributed by atoms with Gasteiger partial charge in [0.15, 0.2) is 0 Å². The van der Waals surface area contributed by atoms with Crippen LogP contribution in [0.15, 0.2) is 18.2 Å². The molecule has 1 aliphatic rings. The van der Waals surface area contributed by atoms with Gasteiger partial charge in [0.2, 0.25) is 0 Å². The first-order chi connectivity index (χ1) is 9.58. The van der Waals surface area contributed by atoms with Crippen LogP contribution in [-0.4, -0.2) is 36.0 Å². The number of nitrogens with zero attached hydrogens (tertiary/aromatic N) is 2. The predicted octanol–water partition coefficient (Wildman–Crippen LogP) is 3.24. The molecular weight excluding hydrogens is 313 g/mol. The molecule has 0 aliphatic carbocycles. The SMILES string of the molecule is CN(Cc1ccc(Cl)c([N+](=O)[O-])c1)C1CCCNCC1.Cl. The molecule has 1 N–H and O–H groups in total. The Bertz CT molecular complexity index is 477. The van der Waals surface area contributed by atoms with Gasteiger partial charge in [-0.25, -0.2) is 0 Å². The molecule has 1 unspecified atom stereocenters. The number of nitrogens with one attached hydrogen (secondary N) is 1. The summed E-state index contributed by atoms with van der Waals surface area (Å²) in [6.07, 6.45) is 3.46. The van der Waals surface area contributed by atoms with Crippen molar-refractivity contribution in [1.29, 1.82) is 0 Å². The molecule has 1 aromatic carbocycles. The van der Waals surface area contributed by atoms with Crippen molar-refractivity contribution in [3.8, 4) is 0 Å². The fourth-order valence-electron chi connectivity index (χ4n) is 2.66. The monoisotopic (exact) mass is 333 g/mol. The van der Waals surface area contributed by atoms with E-state index in [2.05, 4.69) is 17.3 Å². The lowest BCUT2D eigenvalue weighted by Crippen LogP contribution is -2.32. The second-order valence-corrected chi connectivity index (χ2v) is 5.70. The van der Waals surface area contributed by atoms with Gasteiger partial charge in [-0.05, 0) is 51.0 Å². The third kappa shape index (κ3) is 5.11. The number of benzene rings is 1. The van der Waals surface area contributed by atoms with E-state index >= 15 is 0 Å². The number of nitro benzene ring substituents is 1. The molecular formula is C14H21Cl2N3O2. The average Bonchev–Trinajstić information content (AvgIpc) is 2.69. The molecule has 0 aromatic heterocycles. The van der Waals surface area contributed by atoms with E-state index in [9.17, 15) is 10.1 Å². The zero-order chi connectivity index (χ0) is 14.5. The topological polar surface area (TPSA) is 58.4 Å². The molecule has 5 nitrogen and oxygen atoms in total. The zero-order valence-electron chi connectivity index (χ0n) is 12.0. The highest BCUT2D eigenvalue weighted by Gasteiger charge is 2.18. The van der Waals surface area contributed by atoms with Crippen LogP contribution < -0.4 is 5.32 Å². The average molecular weight is 334 g/mol. The molecule has 0 bridgehead atoms. The van der Waals surface area contributed by atoms with Gasteiger partial charge in [-0.3, -0.25) is 15.0 Å². The van der Waals surface area contributed by atoms with Crippen LogP contribution in [0.5, 0.6) is 0 Å². The maximum absolute atomic E-state index is 10.9. The number of hydrogen-bond donors (Lipinski definition) is 1. The summed E-state index contributed by atoms with van der Waals surface area (Å²) in [4.78, 5) is 12.8. The van der Waals surface area contributed by atoms with Crippen molar-refractivity contribution in [2.75, 3.05) is 20.1 Å². The van der Waals surface area contributed by atoms with E-state index in [0.29, 0.717) is 12.6 Å². The van der Waals surface area contributed by atoms with Crippen LogP contribution in [0.4, 0.5) is 5.69 Å². The van der Waals surface area contributed by atoms with E-state index < -0.39 is 4.92 Å². The van der Waals surface area contributed by atoms with Crippen LogP contribution in [0.1, 0.15) is 24.8 Å². The van der Waals surface area contributed by atoms with E-state index in [-0.39, 0.29) is 23.1 Å². The molecule has 2 rings (SSSR count). The number of halogens is 2. The fraction of sp³-hybridized carbons (Fsp3) is 0.571. The predicted molar refractivity (Wildman–Crippen MR) is 87.3 cm³/mol. The molecule has 0 amide bonds. The van der Waals surface area contributed by atoms with Crippen LogP contribution in [0, 0.1) is 10.1 Å². The van der Waals surface area contributed by atoms with Crippen molar-refractivity contribution in [2.45, 2.75) is 31.8 Å². The standard InChI is InChI=1S/C14H20ClN3O2.ClH/c1-17(12-3-2-7-16-8-6-12)10-11-4-5-13(15)14(9-11)18(19)20;/h4-5,9,12,16H,2-3,6-8,10H2,1H3;1H. The highest BCUT2D eigenvalue weighted by atomic mass is 35.5. The minimum atomic E-state index is -0.429. The Morgan fingerprint density at radius 3 is 2.90 bits per heavy atom. The van der Waals surface area contributed by atoms with E-state index in [4.69, 9.17) is 11.6 Å². The van der Waals surface area contributed by atoms with Crippen molar-refractivity contribution in [3.05, 3.63) is 38.9 Å². The second-order valence-electron chi connectivity index (χ2n) is 5.29. The lowest BCUT2D eigenvalue weighted by molar-refractivity contribution is -0.384. The van der Waals surface area contributed by atoms with Gasteiger partial charge in [0.05, 0.1) is 4.92 Å². The molecule has 0 radical (unpaired) electrons. The molecule has 118 valence electrons. The number of rotatable bonds is 4. The van der Waals surface area contributed by atoms with Crippen LogP contribution >= 0.6 is 24.0 Å². The molecule has 1 aliphatic heterocycles. The van der Waals surface area contributed by atoms with Crippen molar-refractivity contribution in [3.63, 3.8) is 0 Å². The van der Waals surface area contributed by atoms with Gasteiger partial charge in [0.1, 0.15) is 5.02 Å².